The SMILES string of the molecule is O=C(C=C1c2ccccc2C(=O)c2ccc(Cl)c(Cl)c21)c1cccc(O)c1. The van der Waals surface area contributed by atoms with Gasteiger partial charge in [0.2, 0.25) is 0 Å². The lowest BCUT2D eigenvalue weighted by Gasteiger charge is -2.23. The molecule has 1 aliphatic rings. The summed E-state index contributed by atoms with van der Waals surface area (Å²) in [6, 6.07) is 16.3. The van der Waals surface area contributed by atoms with Crippen LogP contribution < -0.4 is 0 Å². The smallest absolute Gasteiger partial charge is 0.194 e. The summed E-state index contributed by atoms with van der Waals surface area (Å²) in [7, 11) is 0. The maximum absolute atomic E-state index is 12.9. The van der Waals surface area contributed by atoms with E-state index in [1.165, 1.54) is 18.2 Å². The molecule has 0 saturated carbocycles. The van der Waals surface area contributed by atoms with Gasteiger partial charge in [0.05, 0.1) is 10.0 Å². The van der Waals surface area contributed by atoms with E-state index in [1.54, 1.807) is 48.5 Å². The predicted molar refractivity (Wildman–Crippen MR) is 106 cm³/mol. The van der Waals surface area contributed by atoms with Crippen molar-refractivity contribution in [2.24, 2.45) is 0 Å². The fourth-order valence-corrected chi connectivity index (χ4v) is 3.65. The molecular weight excluding hydrogens is 383 g/mol. The summed E-state index contributed by atoms with van der Waals surface area (Å²) < 4.78 is 0. The molecule has 0 atom stereocenters. The molecule has 0 saturated heterocycles. The van der Waals surface area contributed by atoms with Crippen LogP contribution in [0.1, 0.15) is 37.4 Å². The number of phenolic OH excluding ortho intramolecular Hbond substituents is 1. The number of hydrogen-bond donors (Lipinski definition) is 1. The van der Waals surface area contributed by atoms with Gasteiger partial charge >= 0.3 is 0 Å². The molecule has 1 aliphatic carbocycles. The van der Waals surface area contributed by atoms with Crippen LogP contribution in [0.5, 0.6) is 5.75 Å². The molecule has 0 bridgehead atoms. The van der Waals surface area contributed by atoms with Crippen LogP contribution >= 0.6 is 23.2 Å². The fraction of sp³-hybridized carbons (Fsp3) is 0. The molecule has 3 nitrogen and oxygen atoms in total. The number of hydrogen-bond acceptors (Lipinski definition) is 3. The van der Waals surface area contributed by atoms with Crippen molar-refractivity contribution in [1.29, 1.82) is 0 Å². The molecule has 0 spiro atoms. The van der Waals surface area contributed by atoms with E-state index in [4.69, 9.17) is 23.2 Å². The van der Waals surface area contributed by atoms with E-state index in [0.717, 1.165) is 0 Å². The van der Waals surface area contributed by atoms with E-state index in [9.17, 15) is 14.7 Å². The molecule has 0 amide bonds. The molecule has 0 heterocycles. The summed E-state index contributed by atoms with van der Waals surface area (Å²) >= 11 is 12.6. The summed E-state index contributed by atoms with van der Waals surface area (Å²) in [5, 5.41) is 10.2. The van der Waals surface area contributed by atoms with E-state index < -0.39 is 0 Å². The number of rotatable bonds is 2. The summed E-state index contributed by atoms with van der Waals surface area (Å²) in [5.41, 5.74) is 2.82. The summed E-state index contributed by atoms with van der Waals surface area (Å²) in [4.78, 5) is 25.7. The Morgan fingerprint density at radius 2 is 1.63 bits per heavy atom. The van der Waals surface area contributed by atoms with Crippen molar-refractivity contribution in [2.75, 3.05) is 0 Å². The zero-order valence-corrected chi connectivity index (χ0v) is 15.4. The van der Waals surface area contributed by atoms with Crippen LogP contribution in [-0.4, -0.2) is 16.7 Å². The van der Waals surface area contributed by atoms with Crippen LogP contribution in [0.25, 0.3) is 5.57 Å². The Hall–Kier alpha value is -2.88. The minimum absolute atomic E-state index is 0.0000472. The van der Waals surface area contributed by atoms with Crippen molar-refractivity contribution in [1.82, 2.24) is 0 Å². The molecular formula is C22H12Cl2O3. The second-order valence-electron chi connectivity index (χ2n) is 6.13. The number of allylic oxidation sites excluding steroid dienone is 1. The molecule has 27 heavy (non-hydrogen) atoms. The molecule has 0 aliphatic heterocycles. The quantitative estimate of drug-likeness (QED) is 0.357. The summed E-state index contributed by atoms with van der Waals surface area (Å²) in [6.45, 7) is 0. The topological polar surface area (TPSA) is 54.4 Å². The Kier molecular flexibility index (Phi) is 4.34. The highest BCUT2D eigenvalue weighted by molar-refractivity contribution is 6.44. The average molecular weight is 395 g/mol. The number of halogens is 2. The van der Waals surface area contributed by atoms with Crippen molar-refractivity contribution in [2.45, 2.75) is 0 Å². The van der Waals surface area contributed by atoms with Gasteiger partial charge in [0.15, 0.2) is 11.6 Å². The molecule has 4 rings (SSSR count). The van der Waals surface area contributed by atoms with Crippen LogP contribution in [0, 0.1) is 0 Å². The molecule has 1 N–H and O–H groups in total. The van der Waals surface area contributed by atoms with Crippen molar-refractivity contribution < 1.29 is 14.7 Å². The lowest BCUT2D eigenvalue weighted by molar-refractivity contribution is 0.103. The van der Waals surface area contributed by atoms with Gasteiger partial charge in [-0.2, -0.15) is 0 Å². The van der Waals surface area contributed by atoms with Crippen molar-refractivity contribution in [3.05, 3.63) is 105 Å². The first-order chi connectivity index (χ1) is 13.0. The Morgan fingerprint density at radius 3 is 2.37 bits per heavy atom. The van der Waals surface area contributed by atoms with Crippen LogP contribution in [-0.2, 0) is 0 Å². The third-order valence-electron chi connectivity index (χ3n) is 4.48. The van der Waals surface area contributed by atoms with Crippen LogP contribution in [0.4, 0.5) is 0 Å². The predicted octanol–water partition coefficient (Wildman–Crippen LogP) is 5.56. The van der Waals surface area contributed by atoms with Crippen LogP contribution in [0.3, 0.4) is 0 Å². The van der Waals surface area contributed by atoms with E-state index in [0.29, 0.717) is 38.4 Å². The molecule has 0 aromatic heterocycles. The van der Waals surface area contributed by atoms with E-state index in [-0.39, 0.29) is 22.3 Å². The Bertz CT molecular complexity index is 1150. The molecule has 0 fully saturated rings. The number of carbonyl (C=O) groups excluding carboxylic acids is 2. The first-order valence-corrected chi connectivity index (χ1v) is 8.90. The fourth-order valence-electron chi connectivity index (χ4n) is 3.22. The number of benzene rings is 3. The molecule has 3 aromatic carbocycles. The maximum Gasteiger partial charge on any atom is 0.194 e. The Labute approximate surface area is 165 Å². The van der Waals surface area contributed by atoms with Gasteiger partial charge in [0.25, 0.3) is 0 Å². The van der Waals surface area contributed by atoms with Gasteiger partial charge in [-0.3, -0.25) is 9.59 Å². The highest BCUT2D eigenvalue weighted by Gasteiger charge is 2.30. The zero-order chi connectivity index (χ0) is 19.1. The van der Waals surface area contributed by atoms with Crippen LogP contribution in [0.15, 0.2) is 66.7 Å². The normalized spacial score (nSPS) is 14.0. The third-order valence-corrected chi connectivity index (χ3v) is 5.28. The number of ketones is 2. The molecule has 3 aromatic rings. The monoisotopic (exact) mass is 394 g/mol. The number of fused-ring (bicyclic) bond motifs is 2. The van der Waals surface area contributed by atoms with Gasteiger partial charge in [-0.1, -0.05) is 59.6 Å². The van der Waals surface area contributed by atoms with Gasteiger partial charge in [-0.05, 0) is 41.5 Å². The number of carbonyl (C=O) groups is 2. The largest absolute Gasteiger partial charge is 0.508 e. The Balaban J connectivity index is 1.98. The van der Waals surface area contributed by atoms with Gasteiger partial charge in [0.1, 0.15) is 5.75 Å². The maximum atomic E-state index is 12.9. The zero-order valence-electron chi connectivity index (χ0n) is 13.9. The molecule has 0 radical (unpaired) electrons. The van der Waals surface area contributed by atoms with Crippen molar-refractivity contribution in [3.8, 4) is 5.75 Å². The molecule has 0 unspecified atom stereocenters. The minimum Gasteiger partial charge on any atom is -0.508 e. The third kappa shape index (κ3) is 2.95. The highest BCUT2D eigenvalue weighted by Crippen LogP contribution is 2.42. The number of aromatic hydroxyl groups is 1. The second kappa shape index (κ2) is 6.69. The van der Waals surface area contributed by atoms with Crippen molar-refractivity contribution >= 4 is 40.3 Å². The lowest BCUT2D eigenvalue weighted by atomic mass is 9.80. The van der Waals surface area contributed by atoms with Gasteiger partial charge in [-0.15, -0.1) is 0 Å². The van der Waals surface area contributed by atoms with Gasteiger partial charge in [0, 0.05) is 22.3 Å². The van der Waals surface area contributed by atoms with Gasteiger partial charge < -0.3 is 5.11 Å². The van der Waals surface area contributed by atoms with E-state index in [1.807, 2.05) is 0 Å². The lowest BCUT2D eigenvalue weighted by Crippen LogP contribution is -2.15. The first kappa shape index (κ1) is 17.5. The summed E-state index contributed by atoms with van der Waals surface area (Å²) in [5.74, 6) is -0.479. The van der Waals surface area contributed by atoms with Crippen LogP contribution in [0.2, 0.25) is 10.0 Å². The van der Waals surface area contributed by atoms with Crippen molar-refractivity contribution in [3.63, 3.8) is 0 Å². The van der Waals surface area contributed by atoms with E-state index in [2.05, 4.69) is 0 Å². The van der Waals surface area contributed by atoms with E-state index >= 15 is 0 Å². The summed E-state index contributed by atoms with van der Waals surface area (Å²) in [6.07, 6.45) is 1.43. The average Bonchev–Trinajstić information content (AvgIpc) is 2.67. The standard InChI is InChI=1S/C22H12Cl2O3/c23-18-9-8-16-20(21(18)24)17(14-6-1-2-7-15(14)22(16)27)11-19(26)12-4-3-5-13(25)10-12/h1-11,25H. The molecule has 5 heteroatoms. The molecule has 132 valence electrons. The minimum atomic E-state index is -0.313. The van der Waals surface area contributed by atoms with Gasteiger partial charge in [-0.25, -0.2) is 0 Å². The number of phenols is 1. The Morgan fingerprint density at radius 1 is 0.889 bits per heavy atom. The second-order valence-corrected chi connectivity index (χ2v) is 6.92. The first-order valence-electron chi connectivity index (χ1n) is 8.15. The highest BCUT2D eigenvalue weighted by atomic mass is 35.5.